The Kier molecular flexibility index (Phi) is 4.24. The lowest BCUT2D eigenvalue weighted by atomic mass is 9.96. The molecule has 0 aliphatic heterocycles. The average Bonchev–Trinajstić information content (AvgIpc) is 3.27. The fourth-order valence-corrected chi connectivity index (χ4v) is 3.82. The smallest absolute Gasteiger partial charge is 0.272 e. The summed E-state index contributed by atoms with van der Waals surface area (Å²) in [7, 11) is 1.66. The molecule has 1 N–H and O–H groups in total. The number of carbonyl (C=O) groups excluding carboxylic acids is 1. The molecule has 2 fully saturated rings. The van der Waals surface area contributed by atoms with E-state index in [9.17, 15) is 4.79 Å². The van der Waals surface area contributed by atoms with Gasteiger partial charge in [-0.3, -0.25) is 9.48 Å². The zero-order valence-electron chi connectivity index (χ0n) is 14.7. The topological polar surface area (TPSA) is 56.1 Å². The molecule has 0 saturated heterocycles. The first-order valence-electron chi connectivity index (χ1n) is 9.22. The molecule has 132 valence electrons. The Balaban J connectivity index is 1.47. The van der Waals surface area contributed by atoms with Crippen molar-refractivity contribution < 1.29 is 9.53 Å². The lowest BCUT2D eigenvalue weighted by Gasteiger charge is -2.22. The maximum atomic E-state index is 12.7. The van der Waals surface area contributed by atoms with Crippen molar-refractivity contribution in [3.05, 3.63) is 47.8 Å². The van der Waals surface area contributed by atoms with Gasteiger partial charge in [-0.2, -0.15) is 5.10 Å². The van der Waals surface area contributed by atoms with Crippen LogP contribution < -0.4 is 10.1 Å². The van der Waals surface area contributed by atoms with Gasteiger partial charge in [0, 0.05) is 6.20 Å². The molecule has 0 spiro atoms. The Morgan fingerprint density at radius 3 is 2.76 bits per heavy atom. The molecular weight excluding hydrogens is 314 g/mol. The van der Waals surface area contributed by atoms with Crippen LogP contribution in [0.25, 0.3) is 0 Å². The van der Waals surface area contributed by atoms with E-state index in [-0.39, 0.29) is 11.4 Å². The minimum atomic E-state index is -0.264. The molecule has 25 heavy (non-hydrogen) atoms. The van der Waals surface area contributed by atoms with Crippen LogP contribution in [0.15, 0.2) is 36.5 Å². The molecule has 1 aromatic heterocycles. The summed E-state index contributed by atoms with van der Waals surface area (Å²) in [5, 5.41) is 7.75. The third kappa shape index (κ3) is 3.28. The van der Waals surface area contributed by atoms with Crippen molar-refractivity contribution in [1.29, 1.82) is 0 Å². The van der Waals surface area contributed by atoms with Crippen LogP contribution in [0.2, 0.25) is 0 Å². The Bertz CT molecular complexity index is 758. The van der Waals surface area contributed by atoms with Crippen molar-refractivity contribution >= 4 is 5.91 Å². The van der Waals surface area contributed by atoms with Crippen molar-refractivity contribution in [2.75, 3.05) is 7.11 Å². The number of rotatable bonds is 5. The van der Waals surface area contributed by atoms with Crippen LogP contribution in [-0.2, 0) is 5.54 Å². The molecule has 2 aliphatic rings. The summed E-state index contributed by atoms with van der Waals surface area (Å²) >= 11 is 0. The van der Waals surface area contributed by atoms with Gasteiger partial charge in [0.25, 0.3) is 5.91 Å². The lowest BCUT2D eigenvalue weighted by Crippen LogP contribution is -2.35. The predicted molar refractivity (Wildman–Crippen MR) is 95.7 cm³/mol. The number of aromatic nitrogens is 2. The molecule has 2 saturated carbocycles. The standard InChI is InChI=1S/C20H25N3O2/c1-25-17-9-5-6-15(14-17)20(11-12-20)21-19(24)18-10-13-23(22-18)16-7-3-2-4-8-16/h5-6,9-10,13-14,16H,2-4,7-8,11-12H2,1H3,(H,21,24). The maximum absolute atomic E-state index is 12.7. The highest BCUT2D eigenvalue weighted by Crippen LogP contribution is 2.46. The zero-order chi connectivity index (χ0) is 17.3. The number of benzene rings is 1. The molecule has 0 bridgehead atoms. The number of hydrogen-bond acceptors (Lipinski definition) is 3. The summed E-state index contributed by atoms with van der Waals surface area (Å²) in [5.74, 6) is 0.731. The van der Waals surface area contributed by atoms with Gasteiger partial charge in [0.15, 0.2) is 0 Å². The average molecular weight is 339 g/mol. The molecule has 1 heterocycles. The van der Waals surface area contributed by atoms with E-state index in [1.807, 2.05) is 35.1 Å². The Hall–Kier alpha value is -2.30. The number of amides is 1. The summed E-state index contributed by atoms with van der Waals surface area (Å²) in [5.41, 5.74) is 1.35. The van der Waals surface area contributed by atoms with Gasteiger partial charge in [0.05, 0.1) is 18.7 Å². The summed E-state index contributed by atoms with van der Waals surface area (Å²) in [6.45, 7) is 0. The first-order valence-corrected chi connectivity index (χ1v) is 9.22. The van der Waals surface area contributed by atoms with Crippen LogP contribution in [0.3, 0.4) is 0 Å². The van der Waals surface area contributed by atoms with E-state index in [0.717, 1.165) is 37.0 Å². The molecule has 2 aromatic rings. The second-order valence-electron chi connectivity index (χ2n) is 7.24. The lowest BCUT2D eigenvalue weighted by molar-refractivity contribution is 0.0924. The van der Waals surface area contributed by atoms with Crippen LogP contribution in [0, 0.1) is 0 Å². The minimum absolute atomic E-state index is 0.0881. The van der Waals surface area contributed by atoms with Crippen LogP contribution in [0.5, 0.6) is 5.75 Å². The van der Waals surface area contributed by atoms with Crippen LogP contribution >= 0.6 is 0 Å². The highest BCUT2D eigenvalue weighted by Gasteiger charge is 2.46. The Labute approximate surface area is 148 Å². The third-order valence-electron chi connectivity index (χ3n) is 5.51. The number of nitrogens with one attached hydrogen (secondary N) is 1. The van der Waals surface area contributed by atoms with E-state index in [1.54, 1.807) is 7.11 Å². The highest BCUT2D eigenvalue weighted by molar-refractivity contribution is 5.93. The summed E-state index contributed by atoms with van der Waals surface area (Å²) in [6.07, 6.45) is 10.0. The summed E-state index contributed by atoms with van der Waals surface area (Å²) in [6, 6.07) is 10.2. The molecule has 1 amide bonds. The zero-order valence-corrected chi connectivity index (χ0v) is 14.7. The summed E-state index contributed by atoms with van der Waals surface area (Å²) < 4.78 is 7.29. The number of carbonyl (C=O) groups is 1. The second kappa shape index (κ2) is 6.54. The second-order valence-corrected chi connectivity index (χ2v) is 7.24. The number of ether oxygens (including phenoxy) is 1. The fourth-order valence-electron chi connectivity index (χ4n) is 3.82. The van der Waals surface area contributed by atoms with E-state index in [0.29, 0.717) is 11.7 Å². The SMILES string of the molecule is COc1cccc(C2(NC(=O)c3ccn(C4CCCCC4)n3)CC2)c1. The van der Waals surface area contributed by atoms with Crippen LogP contribution in [-0.4, -0.2) is 22.8 Å². The first kappa shape index (κ1) is 16.2. The van der Waals surface area contributed by atoms with E-state index in [2.05, 4.69) is 16.5 Å². The fraction of sp³-hybridized carbons (Fsp3) is 0.500. The van der Waals surface area contributed by atoms with E-state index < -0.39 is 0 Å². The Morgan fingerprint density at radius 1 is 1.24 bits per heavy atom. The maximum Gasteiger partial charge on any atom is 0.272 e. The molecular formula is C20H25N3O2. The molecule has 5 nitrogen and oxygen atoms in total. The quantitative estimate of drug-likeness (QED) is 0.901. The van der Waals surface area contributed by atoms with Crippen molar-refractivity contribution in [2.24, 2.45) is 0 Å². The van der Waals surface area contributed by atoms with Gasteiger partial charge in [-0.1, -0.05) is 31.4 Å². The van der Waals surface area contributed by atoms with Crippen molar-refractivity contribution in [1.82, 2.24) is 15.1 Å². The molecule has 1 aromatic carbocycles. The first-order chi connectivity index (χ1) is 12.2. The molecule has 0 atom stereocenters. The van der Waals surface area contributed by atoms with Gasteiger partial charge in [0.1, 0.15) is 11.4 Å². The minimum Gasteiger partial charge on any atom is -0.497 e. The van der Waals surface area contributed by atoms with Crippen molar-refractivity contribution in [2.45, 2.75) is 56.5 Å². The highest BCUT2D eigenvalue weighted by atomic mass is 16.5. The van der Waals surface area contributed by atoms with Crippen LogP contribution in [0.4, 0.5) is 0 Å². The van der Waals surface area contributed by atoms with Gasteiger partial charge in [-0.05, 0) is 49.4 Å². The summed E-state index contributed by atoms with van der Waals surface area (Å²) in [4.78, 5) is 12.7. The third-order valence-corrected chi connectivity index (χ3v) is 5.51. The van der Waals surface area contributed by atoms with Crippen molar-refractivity contribution in [3.8, 4) is 5.75 Å². The number of methoxy groups -OCH3 is 1. The van der Waals surface area contributed by atoms with Crippen molar-refractivity contribution in [3.63, 3.8) is 0 Å². The normalized spacial score (nSPS) is 19.4. The van der Waals surface area contributed by atoms with Crippen LogP contribution in [0.1, 0.15) is 67.0 Å². The van der Waals surface area contributed by atoms with E-state index in [1.165, 1.54) is 19.3 Å². The molecule has 4 rings (SSSR count). The molecule has 5 heteroatoms. The number of hydrogen-bond donors (Lipinski definition) is 1. The van der Waals surface area contributed by atoms with Gasteiger partial charge in [-0.25, -0.2) is 0 Å². The van der Waals surface area contributed by atoms with E-state index in [4.69, 9.17) is 4.74 Å². The van der Waals surface area contributed by atoms with Gasteiger partial charge < -0.3 is 10.1 Å². The molecule has 0 unspecified atom stereocenters. The van der Waals surface area contributed by atoms with Gasteiger partial charge in [-0.15, -0.1) is 0 Å². The monoisotopic (exact) mass is 339 g/mol. The molecule has 2 aliphatic carbocycles. The largest absolute Gasteiger partial charge is 0.497 e. The van der Waals surface area contributed by atoms with Gasteiger partial charge in [0.2, 0.25) is 0 Å². The predicted octanol–water partition coefficient (Wildman–Crippen LogP) is 3.82. The number of nitrogens with zero attached hydrogens (tertiary/aromatic N) is 2. The van der Waals surface area contributed by atoms with E-state index >= 15 is 0 Å². The molecule has 0 radical (unpaired) electrons. The Morgan fingerprint density at radius 2 is 2.04 bits per heavy atom. The van der Waals surface area contributed by atoms with Gasteiger partial charge >= 0.3 is 0 Å².